The molecule has 1 aliphatic rings. The maximum Gasteiger partial charge on any atom is 0.194 e. The van der Waals surface area contributed by atoms with Gasteiger partial charge in [-0.05, 0) is 47.5 Å². The summed E-state index contributed by atoms with van der Waals surface area (Å²) in [5, 5.41) is 29.8. The molecule has 226 valence electrons. The molecule has 0 radical (unpaired) electrons. The van der Waals surface area contributed by atoms with E-state index >= 15 is 0 Å². The first-order valence-electron chi connectivity index (χ1n) is 13.4. The van der Waals surface area contributed by atoms with Crippen LogP contribution in [0.25, 0.3) is 11.3 Å². The molecule has 13 heteroatoms. The van der Waals surface area contributed by atoms with Gasteiger partial charge in [0.25, 0.3) is 0 Å². The summed E-state index contributed by atoms with van der Waals surface area (Å²) < 4.78 is 54.8. The maximum absolute atomic E-state index is 13.9. The Morgan fingerprint density at radius 3 is 2.42 bits per heavy atom. The highest BCUT2D eigenvalue weighted by Crippen LogP contribution is 2.38. The largest absolute Gasteiger partial charge is 0.394 e. The molecule has 2 aromatic carbocycles. The predicted molar refractivity (Wildman–Crippen MR) is 148 cm³/mol. The Bertz CT molecular complexity index is 1540. The monoisotopic (exact) mass is 616 g/mol. The Balaban J connectivity index is 1.46. The Hall–Kier alpha value is -3.68. The number of carbonyl (C=O) groups excluding carboxylic acids is 1. The average Bonchev–Trinajstić information content (AvgIpc) is 3.48. The van der Waals surface area contributed by atoms with Gasteiger partial charge in [0.05, 0.1) is 31.6 Å². The SMILES string of the molecule is CC1[C@H]([C@H](OCc2ccc(Cl)cc2)C(=O)Cc2ccncc2)OC(CO)[C@H](O)[C@@H]1n1cc(-c2cc(F)c(F)c(F)c2)nn1. The highest BCUT2D eigenvalue weighted by atomic mass is 35.5. The first kappa shape index (κ1) is 30.8. The van der Waals surface area contributed by atoms with Gasteiger partial charge in [0.2, 0.25) is 0 Å². The number of benzene rings is 2. The number of nitrogens with zero attached hydrogens (tertiary/aromatic N) is 4. The summed E-state index contributed by atoms with van der Waals surface area (Å²) in [5.74, 6) is -5.35. The van der Waals surface area contributed by atoms with Gasteiger partial charge in [0.1, 0.15) is 24.0 Å². The van der Waals surface area contributed by atoms with E-state index in [-0.39, 0.29) is 30.1 Å². The summed E-state index contributed by atoms with van der Waals surface area (Å²) in [4.78, 5) is 17.7. The minimum atomic E-state index is -1.61. The summed E-state index contributed by atoms with van der Waals surface area (Å²) in [7, 11) is 0. The Labute approximate surface area is 249 Å². The highest BCUT2D eigenvalue weighted by molar-refractivity contribution is 6.30. The lowest BCUT2D eigenvalue weighted by Gasteiger charge is -2.45. The molecule has 1 fully saturated rings. The molecule has 2 unspecified atom stereocenters. The molecule has 0 amide bonds. The standard InChI is InChI=1S/C30H28ClF3N4O5/c1-16-27(38-13-23(36-37-38)19-11-21(32)26(34)22(33)12-19)28(41)25(14-39)43-29(16)30(24(40)10-17-6-8-35-9-7-17)42-15-18-2-4-20(31)5-3-18/h2-9,11-13,16,25,27-30,39,41H,10,14-15H2,1H3/t16?,25?,27-,28+,29-,30-/m1/s1. The fraction of sp³-hybridized carbons (Fsp3) is 0.333. The molecule has 1 aliphatic heterocycles. The Morgan fingerprint density at radius 2 is 1.77 bits per heavy atom. The molecule has 0 bridgehead atoms. The number of carbonyl (C=O) groups is 1. The van der Waals surface area contributed by atoms with Crippen LogP contribution in [0, 0.1) is 23.4 Å². The van der Waals surface area contributed by atoms with Crippen molar-refractivity contribution in [3.8, 4) is 11.3 Å². The second-order valence-electron chi connectivity index (χ2n) is 10.4. The van der Waals surface area contributed by atoms with Crippen LogP contribution in [-0.2, 0) is 27.3 Å². The van der Waals surface area contributed by atoms with Gasteiger partial charge in [-0.25, -0.2) is 17.9 Å². The predicted octanol–water partition coefficient (Wildman–Crippen LogP) is 4.11. The van der Waals surface area contributed by atoms with E-state index in [1.807, 2.05) is 0 Å². The van der Waals surface area contributed by atoms with E-state index in [1.165, 1.54) is 10.9 Å². The van der Waals surface area contributed by atoms with Gasteiger partial charge in [0.15, 0.2) is 23.2 Å². The minimum absolute atomic E-state index is 0.00651. The number of ether oxygens (including phenoxy) is 2. The number of pyridine rings is 1. The third kappa shape index (κ3) is 6.78. The number of rotatable bonds is 10. The number of aliphatic hydroxyl groups excluding tert-OH is 2. The van der Waals surface area contributed by atoms with Gasteiger partial charge in [-0.15, -0.1) is 5.10 Å². The van der Waals surface area contributed by atoms with Crippen molar-refractivity contribution >= 4 is 17.4 Å². The Kier molecular flexibility index (Phi) is 9.52. The summed E-state index contributed by atoms with van der Waals surface area (Å²) >= 11 is 6.00. The molecule has 0 saturated carbocycles. The molecule has 43 heavy (non-hydrogen) atoms. The van der Waals surface area contributed by atoms with Gasteiger partial charge in [0, 0.05) is 35.3 Å². The molecule has 9 nitrogen and oxygen atoms in total. The smallest absolute Gasteiger partial charge is 0.194 e. The van der Waals surface area contributed by atoms with E-state index in [1.54, 1.807) is 55.7 Å². The molecule has 0 spiro atoms. The molecule has 2 N–H and O–H groups in total. The van der Waals surface area contributed by atoms with Crippen molar-refractivity contribution in [2.45, 2.75) is 50.4 Å². The van der Waals surface area contributed by atoms with Crippen molar-refractivity contribution in [3.63, 3.8) is 0 Å². The van der Waals surface area contributed by atoms with Gasteiger partial charge in [-0.1, -0.05) is 35.9 Å². The number of aromatic nitrogens is 4. The highest BCUT2D eigenvalue weighted by Gasteiger charge is 2.49. The van der Waals surface area contributed by atoms with E-state index < -0.39 is 60.4 Å². The van der Waals surface area contributed by atoms with Crippen molar-refractivity contribution in [2.24, 2.45) is 5.92 Å². The van der Waals surface area contributed by atoms with Crippen LogP contribution in [0.15, 0.2) is 67.1 Å². The Morgan fingerprint density at radius 1 is 1.09 bits per heavy atom. The number of halogens is 4. The van der Waals surface area contributed by atoms with Crippen molar-refractivity contribution in [1.82, 2.24) is 20.0 Å². The van der Waals surface area contributed by atoms with Gasteiger partial charge in [-0.2, -0.15) is 0 Å². The molecule has 5 rings (SSSR count). The second kappa shape index (κ2) is 13.3. The van der Waals surface area contributed by atoms with Gasteiger partial charge < -0.3 is 19.7 Å². The summed E-state index contributed by atoms with van der Waals surface area (Å²) in [6, 6.07) is 11.0. The van der Waals surface area contributed by atoms with Gasteiger partial charge >= 0.3 is 0 Å². The number of ketones is 1. The second-order valence-corrected chi connectivity index (χ2v) is 10.8. The third-order valence-corrected chi connectivity index (χ3v) is 7.73. The number of aliphatic hydroxyl groups is 2. The fourth-order valence-corrected chi connectivity index (χ4v) is 5.35. The van der Waals surface area contributed by atoms with E-state index in [4.69, 9.17) is 21.1 Å². The number of Topliss-reactive ketones (excluding diaryl/α,β-unsaturated/α-hetero) is 1. The third-order valence-electron chi connectivity index (χ3n) is 7.48. The van der Waals surface area contributed by atoms with Crippen LogP contribution in [0.3, 0.4) is 0 Å². The number of hydrogen-bond donors (Lipinski definition) is 2. The molecule has 3 heterocycles. The normalized spacial score (nSPS) is 22.8. The zero-order valence-corrected chi connectivity index (χ0v) is 23.6. The fourth-order valence-electron chi connectivity index (χ4n) is 5.23. The van der Waals surface area contributed by atoms with Crippen molar-refractivity contribution in [2.75, 3.05) is 6.61 Å². The van der Waals surface area contributed by atoms with Crippen LogP contribution < -0.4 is 0 Å². The van der Waals surface area contributed by atoms with E-state index in [9.17, 15) is 28.2 Å². The van der Waals surface area contributed by atoms with Crippen LogP contribution in [0.2, 0.25) is 5.02 Å². The molecular formula is C30H28ClF3N4O5. The molecular weight excluding hydrogens is 589 g/mol. The van der Waals surface area contributed by atoms with Crippen LogP contribution >= 0.6 is 11.6 Å². The van der Waals surface area contributed by atoms with E-state index in [0.717, 1.165) is 17.7 Å². The number of hydrogen-bond acceptors (Lipinski definition) is 8. The van der Waals surface area contributed by atoms with Crippen molar-refractivity contribution < 1.29 is 37.7 Å². The van der Waals surface area contributed by atoms with E-state index in [2.05, 4.69) is 15.3 Å². The zero-order valence-electron chi connectivity index (χ0n) is 22.9. The lowest BCUT2D eigenvalue weighted by Crippen LogP contribution is -2.57. The quantitative estimate of drug-likeness (QED) is 0.256. The van der Waals surface area contributed by atoms with Crippen LogP contribution in [0.5, 0.6) is 0 Å². The molecule has 2 aromatic heterocycles. The average molecular weight is 617 g/mol. The first-order chi connectivity index (χ1) is 20.7. The lowest BCUT2D eigenvalue weighted by molar-refractivity contribution is -0.214. The lowest BCUT2D eigenvalue weighted by atomic mass is 9.82. The van der Waals surface area contributed by atoms with Crippen molar-refractivity contribution in [1.29, 1.82) is 0 Å². The summed E-state index contributed by atoms with van der Waals surface area (Å²) in [6.45, 7) is 1.19. The first-order valence-corrected chi connectivity index (χ1v) is 13.8. The van der Waals surface area contributed by atoms with E-state index in [0.29, 0.717) is 10.6 Å². The van der Waals surface area contributed by atoms with Crippen LogP contribution in [0.4, 0.5) is 13.2 Å². The topological polar surface area (TPSA) is 120 Å². The van der Waals surface area contributed by atoms with Gasteiger partial charge in [-0.3, -0.25) is 9.78 Å². The minimum Gasteiger partial charge on any atom is -0.394 e. The summed E-state index contributed by atoms with van der Waals surface area (Å²) in [6.07, 6.45) is -0.0357. The zero-order chi connectivity index (χ0) is 30.7. The van der Waals surface area contributed by atoms with Crippen LogP contribution in [-0.4, -0.2) is 67.0 Å². The summed E-state index contributed by atoms with van der Waals surface area (Å²) in [5.41, 5.74) is 1.41. The molecule has 4 aromatic rings. The molecule has 0 aliphatic carbocycles. The molecule has 6 atom stereocenters. The van der Waals surface area contributed by atoms with Crippen LogP contribution in [0.1, 0.15) is 24.1 Å². The molecule has 1 saturated heterocycles. The van der Waals surface area contributed by atoms with Crippen molar-refractivity contribution in [3.05, 3.63) is 101 Å². The maximum atomic E-state index is 13.9.